The number of aromatic nitrogens is 1. The molecule has 3 heterocycles. The van der Waals surface area contributed by atoms with E-state index in [1.165, 1.54) is 71.7 Å². The average molecular weight is 748 g/mol. The second kappa shape index (κ2) is 13.1. The van der Waals surface area contributed by atoms with Gasteiger partial charge in [-0.25, -0.2) is 0 Å². The fourth-order valence-electron chi connectivity index (χ4n) is 9.86. The zero-order valence-corrected chi connectivity index (χ0v) is 32.0. The normalized spacial score (nSPS) is 12.3. The van der Waals surface area contributed by atoms with Crippen LogP contribution in [0.15, 0.2) is 206 Å². The minimum atomic E-state index is -0.117. The molecular formula is C55H34BN3. The third-order valence-electron chi connectivity index (χ3n) is 12.4. The summed E-state index contributed by atoms with van der Waals surface area (Å²) in [5, 5.41) is 12.3. The molecule has 2 aliphatic heterocycles. The fraction of sp³-hybridized carbons (Fsp3) is 0. The van der Waals surface area contributed by atoms with E-state index < -0.39 is 0 Å². The molecule has 0 bridgehead atoms. The highest BCUT2D eigenvalue weighted by Crippen LogP contribution is 2.51. The lowest BCUT2D eigenvalue weighted by atomic mass is 9.44. The molecule has 0 saturated carbocycles. The number of rotatable bonds is 5. The molecule has 272 valence electrons. The third-order valence-corrected chi connectivity index (χ3v) is 12.4. The Kier molecular flexibility index (Phi) is 7.39. The highest BCUT2D eigenvalue weighted by Gasteiger charge is 2.44. The van der Waals surface area contributed by atoms with Gasteiger partial charge in [-0.1, -0.05) is 164 Å². The number of nitrogens with zero attached hydrogens (tertiary/aromatic N) is 3. The summed E-state index contributed by atoms with van der Waals surface area (Å²) in [6.45, 7) is -0.117. The topological polar surface area (TPSA) is 32.0 Å². The molecule has 0 unspecified atom stereocenters. The first-order valence-corrected chi connectivity index (χ1v) is 20.2. The molecule has 12 rings (SSSR count). The van der Waals surface area contributed by atoms with Gasteiger partial charge in [0.05, 0.1) is 11.6 Å². The first-order chi connectivity index (χ1) is 29.2. The molecule has 0 radical (unpaired) electrons. The Labute approximate surface area is 343 Å². The summed E-state index contributed by atoms with van der Waals surface area (Å²) in [5.41, 5.74) is 20.9. The molecule has 1 aromatic heterocycles. The van der Waals surface area contributed by atoms with Crippen molar-refractivity contribution < 1.29 is 0 Å². The van der Waals surface area contributed by atoms with Crippen LogP contribution in [0.25, 0.3) is 77.4 Å². The lowest BCUT2D eigenvalue weighted by molar-refractivity contribution is 1.25. The van der Waals surface area contributed by atoms with Crippen molar-refractivity contribution in [3.05, 3.63) is 212 Å². The number of fused-ring (bicyclic) bond motifs is 7. The van der Waals surface area contributed by atoms with Crippen LogP contribution in [0.4, 0.5) is 17.1 Å². The maximum Gasteiger partial charge on any atom is 0.333 e. The minimum Gasteiger partial charge on any atom is -0.375 e. The summed E-state index contributed by atoms with van der Waals surface area (Å²) in [4.78, 5) is 2.49. The number of hydrogen-bond donors (Lipinski definition) is 0. The maximum atomic E-state index is 9.83. The molecule has 0 fully saturated rings. The molecule has 0 amide bonds. The Morgan fingerprint density at radius 2 is 1.02 bits per heavy atom. The summed E-state index contributed by atoms with van der Waals surface area (Å²) < 4.78 is 2.63. The van der Waals surface area contributed by atoms with Gasteiger partial charge in [-0.3, -0.25) is 0 Å². The second-order valence-electron chi connectivity index (χ2n) is 15.5. The standard InChI is InChI=1S/C55H34BN3/c57-35-36-23-25-40(26-24-36)47-34-51-54-53(52(47)41-17-8-3-9-18-41)46-21-12-20-45-44-19-10-11-22-49(44)59(55(45)46)56(54)48-33-42(38-15-6-2-7-16-38)29-32-50(48)58(51)43-30-27-39(28-31-43)37-13-4-1-5-14-37/h1-34H. The van der Waals surface area contributed by atoms with Gasteiger partial charge in [0, 0.05) is 44.4 Å². The molecule has 9 aromatic carbocycles. The van der Waals surface area contributed by atoms with Gasteiger partial charge in [0.2, 0.25) is 0 Å². The summed E-state index contributed by atoms with van der Waals surface area (Å²) in [5.74, 6) is 0. The van der Waals surface area contributed by atoms with Crippen molar-refractivity contribution in [1.82, 2.24) is 4.48 Å². The monoisotopic (exact) mass is 747 g/mol. The number of benzene rings is 9. The molecule has 0 N–H and O–H groups in total. The van der Waals surface area contributed by atoms with Crippen LogP contribution in [0.2, 0.25) is 0 Å². The van der Waals surface area contributed by atoms with Crippen LogP contribution in [-0.4, -0.2) is 11.3 Å². The van der Waals surface area contributed by atoms with E-state index in [2.05, 4.69) is 210 Å². The predicted octanol–water partition coefficient (Wildman–Crippen LogP) is 12.8. The number of anilines is 3. The Balaban J connectivity index is 1.25. The predicted molar refractivity (Wildman–Crippen MR) is 246 cm³/mol. The van der Waals surface area contributed by atoms with Gasteiger partial charge < -0.3 is 9.38 Å². The highest BCUT2D eigenvalue weighted by molar-refractivity contribution is 6.90. The zero-order valence-electron chi connectivity index (χ0n) is 32.0. The van der Waals surface area contributed by atoms with E-state index in [0.717, 1.165) is 33.8 Å². The quantitative estimate of drug-likeness (QED) is 0.164. The zero-order chi connectivity index (χ0) is 39.0. The van der Waals surface area contributed by atoms with Crippen molar-refractivity contribution in [2.24, 2.45) is 0 Å². The van der Waals surface area contributed by atoms with Crippen LogP contribution in [-0.2, 0) is 0 Å². The minimum absolute atomic E-state index is 0.117. The molecule has 59 heavy (non-hydrogen) atoms. The second-order valence-corrected chi connectivity index (χ2v) is 15.5. The molecule has 0 atom stereocenters. The van der Waals surface area contributed by atoms with Crippen molar-refractivity contribution in [1.29, 1.82) is 5.26 Å². The van der Waals surface area contributed by atoms with Crippen LogP contribution < -0.4 is 15.8 Å². The highest BCUT2D eigenvalue weighted by atomic mass is 15.2. The van der Waals surface area contributed by atoms with E-state index >= 15 is 0 Å². The molecular weight excluding hydrogens is 713 g/mol. The molecule has 0 saturated heterocycles. The summed E-state index contributed by atoms with van der Waals surface area (Å²) in [6.07, 6.45) is 0. The first kappa shape index (κ1) is 33.3. The average Bonchev–Trinajstić information content (AvgIpc) is 3.65. The fourth-order valence-corrected chi connectivity index (χ4v) is 9.86. The van der Waals surface area contributed by atoms with Gasteiger partial charge in [0.15, 0.2) is 0 Å². The molecule has 10 aromatic rings. The van der Waals surface area contributed by atoms with Gasteiger partial charge in [-0.2, -0.15) is 5.26 Å². The van der Waals surface area contributed by atoms with Gasteiger partial charge in [-0.15, -0.1) is 0 Å². The van der Waals surface area contributed by atoms with E-state index in [0.29, 0.717) is 5.56 Å². The lowest BCUT2D eigenvalue weighted by Gasteiger charge is -2.42. The van der Waals surface area contributed by atoms with Gasteiger partial charge in [0.25, 0.3) is 0 Å². The van der Waals surface area contributed by atoms with E-state index in [9.17, 15) is 5.26 Å². The lowest BCUT2D eigenvalue weighted by Crippen LogP contribution is -2.57. The molecule has 0 spiro atoms. The molecule has 4 heteroatoms. The Morgan fingerprint density at radius 1 is 0.424 bits per heavy atom. The summed E-state index contributed by atoms with van der Waals surface area (Å²) in [7, 11) is 0. The van der Waals surface area contributed by atoms with E-state index in [-0.39, 0.29) is 6.85 Å². The van der Waals surface area contributed by atoms with Crippen molar-refractivity contribution in [2.75, 3.05) is 4.90 Å². The number of para-hydroxylation sites is 2. The Morgan fingerprint density at radius 3 is 1.73 bits per heavy atom. The van der Waals surface area contributed by atoms with Crippen LogP contribution in [0.3, 0.4) is 0 Å². The van der Waals surface area contributed by atoms with Gasteiger partial charge >= 0.3 is 6.85 Å². The number of nitriles is 1. The Bertz CT molecular complexity index is 3310. The van der Waals surface area contributed by atoms with Crippen molar-refractivity contribution in [3.63, 3.8) is 0 Å². The SMILES string of the molecule is N#Cc1ccc(-c2cc3c4c(c2-c2ccccc2)-c2cccc5c6ccccc6n(c25)B4c2cc(-c4ccccc4)ccc2N3c2ccc(-c3ccccc3)cc2)cc1. The van der Waals surface area contributed by atoms with Gasteiger partial charge in [0.1, 0.15) is 0 Å². The molecule has 3 nitrogen and oxygen atoms in total. The number of hydrogen-bond acceptors (Lipinski definition) is 2. The van der Waals surface area contributed by atoms with E-state index in [4.69, 9.17) is 0 Å². The third kappa shape index (κ3) is 5.02. The van der Waals surface area contributed by atoms with Crippen molar-refractivity contribution >= 4 is 56.6 Å². The van der Waals surface area contributed by atoms with Crippen LogP contribution in [0.1, 0.15) is 5.56 Å². The van der Waals surface area contributed by atoms with Crippen molar-refractivity contribution in [2.45, 2.75) is 0 Å². The van der Waals surface area contributed by atoms with Gasteiger partial charge in [-0.05, 0) is 103 Å². The molecule has 0 aliphatic carbocycles. The first-order valence-electron chi connectivity index (χ1n) is 20.2. The maximum absolute atomic E-state index is 9.83. The smallest absolute Gasteiger partial charge is 0.333 e. The van der Waals surface area contributed by atoms with Crippen molar-refractivity contribution in [3.8, 4) is 61.7 Å². The van der Waals surface area contributed by atoms with Crippen LogP contribution in [0.5, 0.6) is 0 Å². The van der Waals surface area contributed by atoms with E-state index in [1.807, 2.05) is 12.1 Å². The summed E-state index contributed by atoms with van der Waals surface area (Å²) in [6, 6.07) is 77.0. The summed E-state index contributed by atoms with van der Waals surface area (Å²) >= 11 is 0. The van der Waals surface area contributed by atoms with Crippen LogP contribution in [0, 0.1) is 11.3 Å². The van der Waals surface area contributed by atoms with Crippen LogP contribution >= 0.6 is 0 Å². The Hall–Kier alpha value is -7.87. The molecule has 2 aliphatic rings. The van der Waals surface area contributed by atoms with E-state index in [1.54, 1.807) is 0 Å². The largest absolute Gasteiger partial charge is 0.375 e.